The Bertz CT molecular complexity index is 1690. The van der Waals surface area contributed by atoms with Gasteiger partial charge in [-0.25, -0.2) is 4.98 Å². The number of aromatic nitrogens is 1. The number of hydrogen-bond acceptors (Lipinski definition) is 6. The summed E-state index contributed by atoms with van der Waals surface area (Å²) in [4.78, 5) is 17.7. The molecular weight excluding hydrogens is 622 g/mol. The second-order valence-corrected chi connectivity index (χ2v) is 10.0. The molecule has 0 saturated heterocycles. The molecule has 10 heteroatoms. The van der Waals surface area contributed by atoms with Gasteiger partial charge in [0.25, 0.3) is 5.91 Å². The largest absolute Gasteiger partial charge is 0.496 e. The molecular formula is C27H19Br2N3O4S. The monoisotopic (exact) mass is 639 g/mol. The number of carbonyl (C=O) groups excluding carboxylic acids is 1. The molecule has 1 amide bonds. The Morgan fingerprint density at radius 2 is 1.81 bits per heavy atom. The molecule has 5 rings (SSSR count). The van der Waals surface area contributed by atoms with Crippen LogP contribution < -0.4 is 20.1 Å². The van der Waals surface area contributed by atoms with Crippen molar-refractivity contribution in [3.8, 4) is 23.0 Å². The molecule has 0 unspecified atom stereocenters. The molecule has 0 aliphatic carbocycles. The first-order valence-corrected chi connectivity index (χ1v) is 13.0. The van der Waals surface area contributed by atoms with E-state index in [1.807, 2.05) is 42.5 Å². The lowest BCUT2D eigenvalue weighted by atomic mass is 10.1. The van der Waals surface area contributed by atoms with Crippen LogP contribution in [-0.4, -0.2) is 30.2 Å². The Kier molecular flexibility index (Phi) is 7.14. The second-order valence-electron chi connectivity index (χ2n) is 7.95. The van der Waals surface area contributed by atoms with Crippen molar-refractivity contribution < 1.29 is 18.7 Å². The molecule has 1 aromatic heterocycles. The lowest BCUT2D eigenvalue weighted by Crippen LogP contribution is -2.34. The summed E-state index contributed by atoms with van der Waals surface area (Å²) >= 11 is 12.4. The summed E-state index contributed by atoms with van der Waals surface area (Å²) in [6.07, 6.45) is 0. The number of rotatable bonds is 5. The van der Waals surface area contributed by atoms with Crippen molar-refractivity contribution in [3.63, 3.8) is 0 Å². The first kappa shape index (κ1) is 25.2. The van der Waals surface area contributed by atoms with Gasteiger partial charge in [-0.3, -0.25) is 10.1 Å². The SMILES string of the molecule is COc1ccc(-c2nc3cc(NC(=S)NC(=O)c4cc5ccccc5c(Br)c4OC)ccc3o2)cc1Br. The molecule has 1 heterocycles. The second kappa shape index (κ2) is 10.5. The van der Waals surface area contributed by atoms with Crippen LogP contribution in [0.5, 0.6) is 11.5 Å². The van der Waals surface area contributed by atoms with Crippen molar-refractivity contribution in [2.75, 3.05) is 19.5 Å². The zero-order valence-corrected chi connectivity index (χ0v) is 23.6. The van der Waals surface area contributed by atoms with Gasteiger partial charge in [0.15, 0.2) is 10.7 Å². The lowest BCUT2D eigenvalue weighted by molar-refractivity contribution is 0.0975. The first-order chi connectivity index (χ1) is 17.9. The maximum Gasteiger partial charge on any atom is 0.261 e. The molecule has 0 aliphatic heterocycles. The lowest BCUT2D eigenvalue weighted by Gasteiger charge is -2.14. The number of anilines is 1. The number of thiocarbonyl (C=S) groups is 1. The molecule has 186 valence electrons. The van der Waals surface area contributed by atoms with Crippen LogP contribution >= 0.6 is 44.1 Å². The Labute approximate surface area is 234 Å². The van der Waals surface area contributed by atoms with E-state index in [1.54, 1.807) is 31.4 Å². The number of nitrogens with zero attached hydrogens (tertiary/aromatic N) is 1. The molecule has 0 aliphatic rings. The Hall–Kier alpha value is -3.47. The van der Waals surface area contributed by atoms with E-state index in [0.717, 1.165) is 26.6 Å². The molecule has 0 fully saturated rings. The van der Waals surface area contributed by atoms with Crippen LogP contribution in [0.25, 0.3) is 33.3 Å². The Balaban J connectivity index is 1.35. The third kappa shape index (κ3) is 5.04. The van der Waals surface area contributed by atoms with E-state index in [-0.39, 0.29) is 5.11 Å². The normalized spacial score (nSPS) is 10.9. The van der Waals surface area contributed by atoms with Gasteiger partial charge < -0.3 is 19.2 Å². The van der Waals surface area contributed by atoms with E-state index in [9.17, 15) is 4.79 Å². The van der Waals surface area contributed by atoms with Gasteiger partial charge in [0.1, 0.15) is 17.0 Å². The van der Waals surface area contributed by atoms with Crippen LogP contribution in [-0.2, 0) is 0 Å². The van der Waals surface area contributed by atoms with Crippen LogP contribution in [0.2, 0.25) is 0 Å². The number of nitrogens with one attached hydrogen (secondary N) is 2. The van der Waals surface area contributed by atoms with E-state index in [0.29, 0.717) is 38.5 Å². The van der Waals surface area contributed by atoms with Gasteiger partial charge >= 0.3 is 0 Å². The van der Waals surface area contributed by atoms with E-state index >= 15 is 0 Å². The van der Waals surface area contributed by atoms with Crippen LogP contribution in [0.15, 0.2) is 80.1 Å². The Morgan fingerprint density at radius 3 is 2.57 bits per heavy atom. The molecule has 7 nitrogen and oxygen atoms in total. The third-order valence-corrected chi connectivity index (χ3v) is 7.27. The summed E-state index contributed by atoms with van der Waals surface area (Å²) in [6.45, 7) is 0. The molecule has 37 heavy (non-hydrogen) atoms. The van der Waals surface area contributed by atoms with Crippen LogP contribution in [0, 0.1) is 0 Å². The molecule has 0 bridgehead atoms. The number of fused-ring (bicyclic) bond motifs is 2. The highest BCUT2D eigenvalue weighted by atomic mass is 79.9. The Morgan fingerprint density at radius 1 is 1.00 bits per heavy atom. The van der Waals surface area contributed by atoms with Gasteiger partial charge in [-0.2, -0.15) is 0 Å². The van der Waals surface area contributed by atoms with Crippen LogP contribution in [0.3, 0.4) is 0 Å². The van der Waals surface area contributed by atoms with E-state index in [1.165, 1.54) is 7.11 Å². The standard InChI is InChI=1S/C27H19Br2N3O4S/c1-34-21-9-7-15(12-19(21)28)26-31-20-13-16(8-10-22(20)36-26)30-27(37)32-25(33)18-11-14-5-3-4-6-17(14)23(29)24(18)35-2/h3-13H,1-2H3,(H2,30,32,33,37). The molecule has 0 atom stereocenters. The minimum atomic E-state index is -0.393. The number of oxazole rings is 1. The average molecular weight is 641 g/mol. The zero-order valence-electron chi connectivity index (χ0n) is 19.6. The zero-order chi connectivity index (χ0) is 26.1. The van der Waals surface area contributed by atoms with E-state index < -0.39 is 5.91 Å². The maximum absolute atomic E-state index is 13.1. The summed E-state index contributed by atoms with van der Waals surface area (Å²) in [6, 6.07) is 20.5. The molecule has 2 N–H and O–H groups in total. The summed E-state index contributed by atoms with van der Waals surface area (Å²) in [5.41, 5.74) is 3.07. The number of halogens is 2. The van der Waals surface area contributed by atoms with E-state index in [4.69, 9.17) is 26.1 Å². The molecule has 4 aromatic carbocycles. The van der Waals surface area contributed by atoms with E-state index in [2.05, 4.69) is 47.5 Å². The average Bonchev–Trinajstić information content (AvgIpc) is 3.32. The van der Waals surface area contributed by atoms with Crippen LogP contribution in [0.4, 0.5) is 5.69 Å². The smallest absolute Gasteiger partial charge is 0.261 e. The molecule has 0 radical (unpaired) electrons. The van der Waals surface area contributed by atoms with Crippen molar-refractivity contribution in [3.05, 3.63) is 81.2 Å². The number of carbonyl (C=O) groups is 1. The minimum absolute atomic E-state index is 0.137. The van der Waals surface area contributed by atoms with Gasteiger partial charge in [-0.15, -0.1) is 0 Å². The van der Waals surface area contributed by atoms with Gasteiger partial charge in [0.05, 0.1) is 28.7 Å². The summed E-state index contributed by atoms with van der Waals surface area (Å²) in [7, 11) is 3.13. The van der Waals surface area contributed by atoms with Gasteiger partial charge in [-0.05, 0) is 97.3 Å². The predicted octanol–water partition coefficient (Wildman–Crippen LogP) is 7.32. The van der Waals surface area contributed by atoms with Crippen molar-refractivity contribution in [2.45, 2.75) is 0 Å². The fourth-order valence-corrected chi connectivity index (χ4v) is 5.40. The number of benzene rings is 4. The van der Waals surface area contributed by atoms with Gasteiger partial charge in [0.2, 0.25) is 5.89 Å². The molecule has 0 saturated carbocycles. The predicted molar refractivity (Wildman–Crippen MR) is 156 cm³/mol. The van der Waals surface area contributed by atoms with Crippen LogP contribution in [0.1, 0.15) is 10.4 Å². The summed E-state index contributed by atoms with van der Waals surface area (Å²) < 4.78 is 18.2. The van der Waals surface area contributed by atoms with Crippen molar-refractivity contribution in [1.29, 1.82) is 0 Å². The van der Waals surface area contributed by atoms with Gasteiger partial charge in [-0.1, -0.05) is 24.3 Å². The number of hydrogen-bond donors (Lipinski definition) is 2. The highest BCUT2D eigenvalue weighted by Gasteiger charge is 2.19. The maximum atomic E-state index is 13.1. The van der Waals surface area contributed by atoms with Gasteiger partial charge in [0, 0.05) is 11.3 Å². The fraction of sp³-hybridized carbons (Fsp3) is 0.0741. The quantitative estimate of drug-likeness (QED) is 0.195. The number of methoxy groups -OCH3 is 2. The summed E-state index contributed by atoms with van der Waals surface area (Å²) in [5.74, 6) is 1.23. The summed E-state index contributed by atoms with van der Waals surface area (Å²) in [5, 5.41) is 7.75. The van der Waals surface area contributed by atoms with Crippen molar-refractivity contribution in [1.82, 2.24) is 10.3 Å². The first-order valence-electron chi connectivity index (χ1n) is 11.0. The van der Waals surface area contributed by atoms with Crippen molar-refractivity contribution in [2.24, 2.45) is 0 Å². The van der Waals surface area contributed by atoms with Crippen molar-refractivity contribution >= 4 is 82.7 Å². The highest BCUT2D eigenvalue weighted by Crippen LogP contribution is 2.37. The highest BCUT2D eigenvalue weighted by molar-refractivity contribution is 9.11. The molecule has 0 spiro atoms. The topological polar surface area (TPSA) is 85.6 Å². The number of ether oxygens (including phenoxy) is 2. The third-order valence-electron chi connectivity index (χ3n) is 5.66. The fourth-order valence-electron chi connectivity index (χ4n) is 3.91. The minimum Gasteiger partial charge on any atom is -0.496 e. The number of amides is 1. The molecule has 5 aromatic rings.